The Balaban J connectivity index is 2.16. The van der Waals surface area contributed by atoms with Crippen molar-refractivity contribution in [1.29, 1.82) is 0 Å². The largest absolute Gasteiger partial charge is 0.314 e. The Hall–Kier alpha value is -0.730. The lowest BCUT2D eigenvalue weighted by atomic mass is 9.99. The number of halogens is 3. The third-order valence-electron chi connectivity index (χ3n) is 3.41. The van der Waals surface area contributed by atoms with Gasteiger partial charge in [0.15, 0.2) is 0 Å². The van der Waals surface area contributed by atoms with Crippen molar-refractivity contribution in [3.05, 3.63) is 68.7 Å². The summed E-state index contributed by atoms with van der Waals surface area (Å²) in [6, 6.07) is 14.0. The molecule has 0 aliphatic rings. The molecule has 0 amide bonds. The van der Waals surface area contributed by atoms with Crippen molar-refractivity contribution in [3.8, 4) is 0 Å². The molecule has 0 saturated heterocycles. The summed E-state index contributed by atoms with van der Waals surface area (Å²) >= 11 is 18.6. The van der Waals surface area contributed by atoms with E-state index < -0.39 is 0 Å². The van der Waals surface area contributed by atoms with Crippen LogP contribution in [0, 0.1) is 0 Å². The Morgan fingerprint density at radius 1 is 0.857 bits per heavy atom. The van der Waals surface area contributed by atoms with Gasteiger partial charge in [0.2, 0.25) is 0 Å². The molecule has 0 heterocycles. The Labute approximate surface area is 141 Å². The van der Waals surface area contributed by atoms with Crippen LogP contribution in [-0.2, 0) is 12.8 Å². The zero-order valence-corrected chi connectivity index (χ0v) is 14.1. The Morgan fingerprint density at radius 2 is 1.48 bits per heavy atom. The molecule has 112 valence electrons. The molecule has 21 heavy (non-hydrogen) atoms. The van der Waals surface area contributed by atoms with Gasteiger partial charge in [-0.15, -0.1) is 0 Å². The molecule has 2 aromatic rings. The molecule has 0 aliphatic carbocycles. The van der Waals surface area contributed by atoms with Crippen molar-refractivity contribution in [1.82, 2.24) is 5.32 Å². The molecule has 1 N–H and O–H groups in total. The van der Waals surface area contributed by atoms with E-state index in [-0.39, 0.29) is 6.04 Å². The van der Waals surface area contributed by atoms with Gasteiger partial charge >= 0.3 is 0 Å². The molecule has 0 saturated carbocycles. The second-order valence-electron chi connectivity index (χ2n) is 4.97. The summed E-state index contributed by atoms with van der Waals surface area (Å²) in [5, 5.41) is 5.54. The quantitative estimate of drug-likeness (QED) is 0.740. The molecule has 1 unspecified atom stereocenters. The standard InChI is InChI=1S/C17H18Cl3N/c1-2-21-14(10-12-6-3-4-8-15(12)18)11-13-7-5-9-16(19)17(13)20/h3-9,14,21H,2,10-11H2,1H3. The van der Waals surface area contributed by atoms with Crippen molar-refractivity contribution in [2.45, 2.75) is 25.8 Å². The first-order valence-corrected chi connectivity index (χ1v) is 8.15. The van der Waals surface area contributed by atoms with Crippen molar-refractivity contribution in [2.24, 2.45) is 0 Å². The highest BCUT2D eigenvalue weighted by atomic mass is 35.5. The molecule has 1 nitrogen and oxygen atoms in total. The Morgan fingerprint density at radius 3 is 2.19 bits per heavy atom. The number of benzene rings is 2. The van der Waals surface area contributed by atoms with Crippen molar-refractivity contribution < 1.29 is 0 Å². The summed E-state index contributed by atoms with van der Waals surface area (Å²) in [4.78, 5) is 0. The van der Waals surface area contributed by atoms with Gasteiger partial charge < -0.3 is 5.32 Å². The Bertz CT molecular complexity index is 598. The Kier molecular flexibility index (Phi) is 6.38. The molecule has 2 rings (SSSR count). The highest BCUT2D eigenvalue weighted by Crippen LogP contribution is 2.27. The summed E-state index contributed by atoms with van der Waals surface area (Å²) < 4.78 is 0. The molecule has 0 spiro atoms. The topological polar surface area (TPSA) is 12.0 Å². The first-order valence-electron chi connectivity index (χ1n) is 7.01. The first-order chi connectivity index (χ1) is 10.1. The third-order valence-corrected chi connectivity index (χ3v) is 4.64. The molecular formula is C17H18Cl3N. The summed E-state index contributed by atoms with van der Waals surface area (Å²) in [6.45, 7) is 2.99. The predicted molar refractivity (Wildman–Crippen MR) is 92.8 cm³/mol. The highest BCUT2D eigenvalue weighted by Gasteiger charge is 2.14. The van der Waals surface area contributed by atoms with Gasteiger partial charge in [-0.3, -0.25) is 0 Å². The van der Waals surface area contributed by atoms with Crippen LogP contribution in [0.1, 0.15) is 18.1 Å². The van der Waals surface area contributed by atoms with E-state index >= 15 is 0 Å². The van der Waals surface area contributed by atoms with Gasteiger partial charge in [-0.2, -0.15) is 0 Å². The van der Waals surface area contributed by atoms with Crippen LogP contribution in [0.15, 0.2) is 42.5 Å². The van der Waals surface area contributed by atoms with Gasteiger partial charge in [0, 0.05) is 11.1 Å². The minimum atomic E-state index is 0.269. The minimum absolute atomic E-state index is 0.269. The monoisotopic (exact) mass is 341 g/mol. The van der Waals surface area contributed by atoms with Gasteiger partial charge in [-0.25, -0.2) is 0 Å². The maximum Gasteiger partial charge on any atom is 0.0624 e. The average Bonchev–Trinajstić information content (AvgIpc) is 2.46. The highest BCUT2D eigenvalue weighted by molar-refractivity contribution is 6.42. The first kappa shape index (κ1) is 16.6. The van der Waals surface area contributed by atoms with Gasteiger partial charge in [0.1, 0.15) is 0 Å². The fourth-order valence-electron chi connectivity index (χ4n) is 2.41. The van der Waals surface area contributed by atoms with E-state index in [1.165, 1.54) is 0 Å². The number of rotatable bonds is 6. The molecule has 0 aromatic heterocycles. The van der Waals surface area contributed by atoms with Gasteiger partial charge in [-0.1, -0.05) is 72.1 Å². The maximum atomic E-state index is 6.29. The fraction of sp³-hybridized carbons (Fsp3) is 0.294. The van der Waals surface area contributed by atoms with Crippen LogP contribution < -0.4 is 5.32 Å². The SMILES string of the molecule is CCNC(Cc1ccccc1Cl)Cc1cccc(Cl)c1Cl. The maximum absolute atomic E-state index is 6.29. The van der Waals surface area contributed by atoms with Crippen LogP contribution in [0.3, 0.4) is 0 Å². The van der Waals surface area contributed by atoms with Crippen LogP contribution in [-0.4, -0.2) is 12.6 Å². The van der Waals surface area contributed by atoms with Crippen LogP contribution in [0.25, 0.3) is 0 Å². The molecule has 0 bridgehead atoms. The lowest BCUT2D eigenvalue weighted by Crippen LogP contribution is -2.33. The van der Waals surface area contributed by atoms with E-state index in [0.29, 0.717) is 10.0 Å². The van der Waals surface area contributed by atoms with Crippen molar-refractivity contribution in [3.63, 3.8) is 0 Å². The second-order valence-corrected chi connectivity index (χ2v) is 6.16. The summed E-state index contributed by atoms with van der Waals surface area (Å²) in [6.07, 6.45) is 1.68. The van der Waals surface area contributed by atoms with Crippen molar-refractivity contribution in [2.75, 3.05) is 6.54 Å². The number of hydrogen-bond acceptors (Lipinski definition) is 1. The van der Waals surface area contributed by atoms with E-state index in [9.17, 15) is 0 Å². The van der Waals surface area contributed by atoms with E-state index in [1.807, 2.05) is 36.4 Å². The molecule has 0 aliphatic heterocycles. The fourth-order valence-corrected chi connectivity index (χ4v) is 3.02. The summed E-state index contributed by atoms with van der Waals surface area (Å²) in [5.74, 6) is 0. The number of nitrogens with one attached hydrogen (secondary N) is 1. The molecule has 4 heteroatoms. The smallest absolute Gasteiger partial charge is 0.0624 e. The van der Waals surface area contributed by atoms with E-state index in [1.54, 1.807) is 0 Å². The third kappa shape index (κ3) is 4.62. The van der Waals surface area contributed by atoms with Crippen LogP contribution in [0.2, 0.25) is 15.1 Å². The lowest BCUT2D eigenvalue weighted by molar-refractivity contribution is 0.521. The summed E-state index contributed by atoms with van der Waals surface area (Å²) in [5.41, 5.74) is 2.20. The normalized spacial score (nSPS) is 12.4. The molecule has 2 aromatic carbocycles. The molecule has 0 radical (unpaired) electrons. The second kappa shape index (κ2) is 8.05. The zero-order chi connectivity index (χ0) is 15.2. The zero-order valence-electron chi connectivity index (χ0n) is 11.9. The van der Waals surface area contributed by atoms with Gasteiger partial charge in [0.25, 0.3) is 0 Å². The molecular weight excluding hydrogens is 325 g/mol. The average molecular weight is 343 g/mol. The van der Waals surface area contributed by atoms with Gasteiger partial charge in [0.05, 0.1) is 10.0 Å². The minimum Gasteiger partial charge on any atom is -0.314 e. The lowest BCUT2D eigenvalue weighted by Gasteiger charge is -2.19. The van der Waals surface area contributed by atoms with Crippen LogP contribution >= 0.6 is 34.8 Å². The summed E-state index contributed by atoms with van der Waals surface area (Å²) in [7, 11) is 0. The van der Waals surface area contributed by atoms with E-state index in [0.717, 1.165) is 35.5 Å². The van der Waals surface area contributed by atoms with E-state index in [2.05, 4.69) is 18.3 Å². The van der Waals surface area contributed by atoms with Crippen LogP contribution in [0.5, 0.6) is 0 Å². The molecule has 0 fully saturated rings. The number of hydrogen-bond donors (Lipinski definition) is 1. The van der Waals surface area contributed by atoms with Crippen LogP contribution in [0.4, 0.5) is 0 Å². The predicted octanol–water partition coefficient (Wildman–Crippen LogP) is 5.41. The molecule has 1 atom stereocenters. The van der Waals surface area contributed by atoms with Gasteiger partial charge in [-0.05, 0) is 42.6 Å². The van der Waals surface area contributed by atoms with E-state index in [4.69, 9.17) is 34.8 Å². The number of likely N-dealkylation sites (N-methyl/N-ethyl adjacent to an activating group) is 1. The van der Waals surface area contributed by atoms with Crippen molar-refractivity contribution >= 4 is 34.8 Å².